The van der Waals surface area contributed by atoms with E-state index >= 15 is 0 Å². The van der Waals surface area contributed by atoms with Gasteiger partial charge >= 0.3 is 5.97 Å². The summed E-state index contributed by atoms with van der Waals surface area (Å²) >= 11 is 0. The van der Waals surface area contributed by atoms with Gasteiger partial charge in [0.2, 0.25) is 5.95 Å². The number of hydrogen-bond acceptors (Lipinski definition) is 6. The molecule has 0 unspecified atom stereocenters. The van der Waals surface area contributed by atoms with Gasteiger partial charge in [-0.1, -0.05) is 12.1 Å². The van der Waals surface area contributed by atoms with E-state index in [1.807, 2.05) is 13.8 Å². The number of esters is 1. The molecule has 138 valence electrons. The number of hydrogen-bond donors (Lipinski definition) is 1. The predicted molar refractivity (Wildman–Crippen MR) is 92.9 cm³/mol. The molecule has 8 heteroatoms. The zero-order valence-electron chi connectivity index (χ0n) is 14.9. The number of fused-ring (bicyclic) bond motifs is 1. The number of nitrogens with one attached hydrogen (secondary N) is 1. The van der Waals surface area contributed by atoms with Crippen molar-refractivity contribution < 1.29 is 18.7 Å². The quantitative estimate of drug-likeness (QED) is 0.630. The number of ether oxygens (including phenoxy) is 2. The molecule has 1 aliphatic heterocycles. The number of carbonyl (C=O) groups is 1. The Morgan fingerprint density at radius 1 is 1.38 bits per heavy atom. The highest BCUT2D eigenvalue weighted by atomic mass is 19.1. The first kappa shape index (κ1) is 18.1. The van der Waals surface area contributed by atoms with E-state index in [9.17, 15) is 9.18 Å². The molecule has 0 spiro atoms. The molecule has 1 aromatic heterocycles. The molecule has 2 aromatic rings. The Bertz CT molecular complexity index is 831. The van der Waals surface area contributed by atoms with E-state index in [-0.39, 0.29) is 12.7 Å². The maximum atomic E-state index is 13.8. The Hall–Kier alpha value is -2.74. The van der Waals surface area contributed by atoms with Gasteiger partial charge in [0, 0.05) is 5.70 Å². The zero-order chi connectivity index (χ0) is 18.7. The van der Waals surface area contributed by atoms with Gasteiger partial charge in [0.1, 0.15) is 24.8 Å². The van der Waals surface area contributed by atoms with Crippen LogP contribution in [0.15, 0.2) is 41.9 Å². The third-order valence-corrected chi connectivity index (χ3v) is 3.95. The number of anilines is 1. The van der Waals surface area contributed by atoms with Crippen LogP contribution in [0, 0.1) is 5.82 Å². The lowest BCUT2D eigenvalue weighted by Crippen LogP contribution is -2.30. The molecular weight excluding hydrogens is 339 g/mol. The van der Waals surface area contributed by atoms with Crippen LogP contribution in [-0.2, 0) is 14.3 Å². The number of allylic oxidation sites excluding steroid dienone is 1. The number of nitrogens with zero attached hydrogens (tertiary/aromatic N) is 3. The van der Waals surface area contributed by atoms with Crippen molar-refractivity contribution in [1.82, 2.24) is 14.8 Å². The van der Waals surface area contributed by atoms with E-state index in [0.717, 1.165) is 0 Å². The normalized spacial score (nSPS) is 16.4. The van der Waals surface area contributed by atoms with Crippen LogP contribution in [0.3, 0.4) is 0 Å². The van der Waals surface area contributed by atoms with Crippen LogP contribution >= 0.6 is 0 Å². The lowest BCUT2D eigenvalue weighted by molar-refractivity contribution is -0.141. The maximum Gasteiger partial charge on any atom is 0.338 e. The highest BCUT2D eigenvalue weighted by Gasteiger charge is 2.34. The zero-order valence-corrected chi connectivity index (χ0v) is 14.9. The van der Waals surface area contributed by atoms with E-state index in [0.29, 0.717) is 29.4 Å². The van der Waals surface area contributed by atoms with Crippen molar-refractivity contribution in [3.63, 3.8) is 0 Å². The molecular formula is C18H21FN4O3. The first-order valence-corrected chi connectivity index (χ1v) is 8.39. The Labute approximate surface area is 150 Å². The van der Waals surface area contributed by atoms with E-state index in [2.05, 4.69) is 15.4 Å². The van der Waals surface area contributed by atoms with Gasteiger partial charge in [-0.2, -0.15) is 10.1 Å². The standard InChI is InChI=1S/C18H21FN4O3/c1-11(2)25-7-8-26-17(24)15-12(3)22-18-20-10-21-23(18)16(15)13-5-4-6-14(19)9-13/h4-6,9-11,16H,7-8H2,1-3H3,(H,20,21,22)/t16-/m0/s1. The molecule has 0 aliphatic carbocycles. The van der Waals surface area contributed by atoms with Crippen molar-refractivity contribution in [3.05, 3.63) is 53.2 Å². The van der Waals surface area contributed by atoms with Gasteiger partial charge in [-0.25, -0.2) is 13.9 Å². The summed E-state index contributed by atoms with van der Waals surface area (Å²) in [5.41, 5.74) is 1.54. The summed E-state index contributed by atoms with van der Waals surface area (Å²) in [5, 5.41) is 7.22. The van der Waals surface area contributed by atoms with Crippen LogP contribution in [0.2, 0.25) is 0 Å². The minimum atomic E-state index is -0.622. The maximum absolute atomic E-state index is 13.8. The van der Waals surface area contributed by atoms with Gasteiger partial charge in [0.05, 0.1) is 18.3 Å². The second-order valence-electron chi connectivity index (χ2n) is 6.20. The van der Waals surface area contributed by atoms with Crippen molar-refractivity contribution in [2.75, 3.05) is 18.5 Å². The predicted octanol–water partition coefficient (Wildman–Crippen LogP) is 2.67. The first-order valence-electron chi connectivity index (χ1n) is 8.39. The van der Waals surface area contributed by atoms with E-state index in [4.69, 9.17) is 9.47 Å². The number of halogens is 1. The first-order chi connectivity index (χ1) is 12.5. The van der Waals surface area contributed by atoms with Crippen LogP contribution in [0.4, 0.5) is 10.3 Å². The van der Waals surface area contributed by atoms with Crippen molar-refractivity contribution in [2.45, 2.75) is 32.9 Å². The third-order valence-electron chi connectivity index (χ3n) is 3.95. The van der Waals surface area contributed by atoms with Gasteiger partial charge < -0.3 is 14.8 Å². The van der Waals surface area contributed by atoms with Crippen LogP contribution < -0.4 is 5.32 Å². The third kappa shape index (κ3) is 3.75. The fourth-order valence-electron chi connectivity index (χ4n) is 2.84. The number of rotatable bonds is 6. The molecule has 0 fully saturated rings. The van der Waals surface area contributed by atoms with Crippen LogP contribution in [-0.4, -0.2) is 40.1 Å². The molecule has 3 rings (SSSR count). The highest BCUT2D eigenvalue weighted by Crippen LogP contribution is 2.35. The SMILES string of the molecule is CC1=C(C(=O)OCCOC(C)C)[C@H](c2cccc(F)c2)n2ncnc2N1. The van der Waals surface area contributed by atoms with Crippen molar-refractivity contribution in [3.8, 4) is 0 Å². The Balaban J connectivity index is 1.89. The summed E-state index contributed by atoms with van der Waals surface area (Å²) in [6.45, 7) is 6.01. The van der Waals surface area contributed by atoms with E-state index < -0.39 is 17.8 Å². The van der Waals surface area contributed by atoms with Crippen LogP contribution in [0.5, 0.6) is 0 Å². The Morgan fingerprint density at radius 2 is 2.19 bits per heavy atom. The fourth-order valence-corrected chi connectivity index (χ4v) is 2.84. The second-order valence-corrected chi connectivity index (χ2v) is 6.20. The lowest BCUT2D eigenvalue weighted by atomic mass is 9.96. The molecule has 2 heterocycles. The largest absolute Gasteiger partial charge is 0.460 e. The van der Waals surface area contributed by atoms with Gasteiger partial charge in [0.15, 0.2) is 0 Å². The minimum Gasteiger partial charge on any atom is -0.460 e. The molecule has 1 aromatic carbocycles. The fraction of sp³-hybridized carbons (Fsp3) is 0.389. The lowest BCUT2D eigenvalue weighted by Gasteiger charge is -2.28. The summed E-state index contributed by atoms with van der Waals surface area (Å²) in [5.74, 6) is -0.410. The molecule has 1 aliphatic rings. The van der Waals surface area contributed by atoms with Crippen molar-refractivity contribution in [2.24, 2.45) is 0 Å². The van der Waals surface area contributed by atoms with Crippen molar-refractivity contribution in [1.29, 1.82) is 0 Å². The number of aromatic nitrogens is 3. The number of carbonyl (C=O) groups excluding carboxylic acids is 1. The molecule has 0 radical (unpaired) electrons. The van der Waals surface area contributed by atoms with E-state index in [1.54, 1.807) is 23.7 Å². The molecule has 26 heavy (non-hydrogen) atoms. The van der Waals surface area contributed by atoms with E-state index in [1.165, 1.54) is 18.5 Å². The molecule has 0 saturated carbocycles. The topological polar surface area (TPSA) is 78.3 Å². The average Bonchev–Trinajstić information content (AvgIpc) is 3.05. The smallest absolute Gasteiger partial charge is 0.338 e. The van der Waals surface area contributed by atoms with Crippen molar-refractivity contribution >= 4 is 11.9 Å². The number of benzene rings is 1. The summed E-state index contributed by atoms with van der Waals surface area (Å²) in [6, 6.07) is 5.45. The molecule has 1 N–H and O–H groups in total. The second kappa shape index (κ2) is 7.65. The monoisotopic (exact) mass is 360 g/mol. The summed E-state index contributed by atoms with van der Waals surface area (Å²) in [7, 11) is 0. The minimum absolute atomic E-state index is 0.0590. The average molecular weight is 360 g/mol. The molecule has 0 amide bonds. The summed E-state index contributed by atoms with van der Waals surface area (Å²) in [4.78, 5) is 16.9. The van der Waals surface area contributed by atoms with Gasteiger partial charge in [-0.15, -0.1) is 0 Å². The van der Waals surface area contributed by atoms with Gasteiger partial charge in [-0.3, -0.25) is 0 Å². The Kier molecular flexibility index (Phi) is 5.32. The summed E-state index contributed by atoms with van der Waals surface area (Å²) < 4.78 is 26.1. The highest BCUT2D eigenvalue weighted by molar-refractivity contribution is 5.92. The van der Waals surface area contributed by atoms with Crippen LogP contribution in [0.25, 0.3) is 0 Å². The van der Waals surface area contributed by atoms with Crippen LogP contribution in [0.1, 0.15) is 32.4 Å². The molecule has 7 nitrogen and oxygen atoms in total. The Morgan fingerprint density at radius 3 is 2.92 bits per heavy atom. The molecule has 0 bridgehead atoms. The molecule has 1 atom stereocenters. The summed E-state index contributed by atoms with van der Waals surface area (Å²) in [6.07, 6.45) is 1.44. The van der Waals surface area contributed by atoms with Gasteiger partial charge in [-0.05, 0) is 38.5 Å². The van der Waals surface area contributed by atoms with Gasteiger partial charge in [0.25, 0.3) is 0 Å². The molecule has 0 saturated heterocycles.